The molecule has 0 saturated carbocycles. The smallest absolute Gasteiger partial charge is 0.228 e. The van der Waals surface area contributed by atoms with Crippen LogP contribution in [0.25, 0.3) is 10.9 Å². The van der Waals surface area contributed by atoms with Crippen LogP contribution in [-0.2, 0) is 11.2 Å². The zero-order chi connectivity index (χ0) is 17.2. The lowest BCUT2D eigenvalue weighted by atomic mass is 10.1. The van der Waals surface area contributed by atoms with Crippen molar-refractivity contribution in [3.8, 4) is 17.2 Å². The van der Waals surface area contributed by atoms with E-state index in [9.17, 15) is 4.79 Å². The van der Waals surface area contributed by atoms with Crippen LogP contribution in [0.1, 0.15) is 5.56 Å². The van der Waals surface area contributed by atoms with Crippen LogP contribution >= 0.6 is 0 Å². The van der Waals surface area contributed by atoms with Crippen LogP contribution in [0.5, 0.6) is 17.2 Å². The van der Waals surface area contributed by atoms with Crippen molar-refractivity contribution >= 4 is 22.5 Å². The SMILES string of the molecule is COc1cccc2c(CC(=O)Nc3ccc4c(c3)OCCO4)c[nH]c12. The molecular weight excluding hydrogens is 320 g/mol. The molecule has 2 N–H and O–H groups in total. The van der Waals surface area contributed by atoms with E-state index in [-0.39, 0.29) is 12.3 Å². The normalized spacial score (nSPS) is 12.8. The molecule has 6 heteroatoms. The maximum absolute atomic E-state index is 12.4. The summed E-state index contributed by atoms with van der Waals surface area (Å²) in [5.74, 6) is 2.02. The van der Waals surface area contributed by atoms with Gasteiger partial charge in [-0.15, -0.1) is 0 Å². The van der Waals surface area contributed by atoms with Crippen LogP contribution in [0, 0.1) is 0 Å². The van der Waals surface area contributed by atoms with Crippen LogP contribution < -0.4 is 19.5 Å². The van der Waals surface area contributed by atoms with Crippen LogP contribution in [-0.4, -0.2) is 31.2 Å². The first kappa shape index (κ1) is 15.4. The average molecular weight is 338 g/mol. The van der Waals surface area contributed by atoms with Crippen molar-refractivity contribution in [1.82, 2.24) is 4.98 Å². The molecule has 0 radical (unpaired) electrons. The van der Waals surface area contributed by atoms with Crippen molar-refractivity contribution in [3.05, 3.63) is 48.2 Å². The highest BCUT2D eigenvalue weighted by atomic mass is 16.6. The van der Waals surface area contributed by atoms with E-state index in [1.807, 2.05) is 30.5 Å². The largest absolute Gasteiger partial charge is 0.495 e. The lowest BCUT2D eigenvalue weighted by Crippen LogP contribution is -2.17. The molecule has 2 aromatic carbocycles. The Labute approximate surface area is 144 Å². The number of hydrogen-bond donors (Lipinski definition) is 2. The molecule has 4 rings (SSSR count). The van der Waals surface area contributed by atoms with E-state index in [4.69, 9.17) is 14.2 Å². The minimum atomic E-state index is -0.0969. The van der Waals surface area contributed by atoms with Gasteiger partial charge < -0.3 is 24.5 Å². The van der Waals surface area contributed by atoms with E-state index >= 15 is 0 Å². The monoisotopic (exact) mass is 338 g/mol. The molecular formula is C19H18N2O4. The number of benzene rings is 2. The first-order valence-corrected chi connectivity index (χ1v) is 8.07. The van der Waals surface area contributed by atoms with Crippen molar-refractivity contribution in [2.45, 2.75) is 6.42 Å². The van der Waals surface area contributed by atoms with E-state index in [2.05, 4.69) is 10.3 Å². The fourth-order valence-corrected chi connectivity index (χ4v) is 3.00. The molecule has 1 amide bonds. The molecule has 128 valence electrons. The van der Waals surface area contributed by atoms with Crippen LogP contribution in [0.3, 0.4) is 0 Å². The van der Waals surface area contributed by atoms with Gasteiger partial charge >= 0.3 is 0 Å². The minimum Gasteiger partial charge on any atom is -0.495 e. The summed E-state index contributed by atoms with van der Waals surface area (Å²) in [5.41, 5.74) is 2.50. The molecule has 1 aromatic heterocycles. The number of amides is 1. The summed E-state index contributed by atoms with van der Waals surface area (Å²) in [4.78, 5) is 15.6. The zero-order valence-corrected chi connectivity index (χ0v) is 13.8. The number of fused-ring (bicyclic) bond motifs is 2. The summed E-state index contributed by atoms with van der Waals surface area (Å²) in [6.45, 7) is 1.06. The van der Waals surface area contributed by atoms with Gasteiger partial charge in [0.05, 0.1) is 19.0 Å². The molecule has 0 fully saturated rings. The van der Waals surface area contributed by atoms with Crippen LogP contribution in [0.15, 0.2) is 42.6 Å². The molecule has 2 heterocycles. The van der Waals surface area contributed by atoms with Crippen molar-refractivity contribution in [1.29, 1.82) is 0 Å². The van der Waals surface area contributed by atoms with Crippen molar-refractivity contribution in [2.75, 3.05) is 25.6 Å². The number of anilines is 1. The van der Waals surface area contributed by atoms with Gasteiger partial charge in [-0.2, -0.15) is 0 Å². The van der Waals surface area contributed by atoms with E-state index in [0.29, 0.717) is 30.4 Å². The molecule has 0 atom stereocenters. The highest BCUT2D eigenvalue weighted by Gasteiger charge is 2.14. The fourth-order valence-electron chi connectivity index (χ4n) is 3.00. The van der Waals surface area contributed by atoms with Crippen molar-refractivity contribution < 1.29 is 19.0 Å². The second kappa shape index (κ2) is 6.39. The van der Waals surface area contributed by atoms with Gasteiger partial charge in [0.1, 0.15) is 19.0 Å². The maximum Gasteiger partial charge on any atom is 0.228 e. The summed E-state index contributed by atoms with van der Waals surface area (Å²) in [6, 6.07) is 11.2. The lowest BCUT2D eigenvalue weighted by Gasteiger charge is -2.19. The van der Waals surface area contributed by atoms with Gasteiger partial charge in [-0.1, -0.05) is 12.1 Å². The number of rotatable bonds is 4. The predicted molar refractivity (Wildman–Crippen MR) is 94.6 cm³/mol. The third kappa shape index (κ3) is 2.98. The van der Waals surface area contributed by atoms with Gasteiger partial charge in [-0.25, -0.2) is 0 Å². The summed E-state index contributed by atoms with van der Waals surface area (Å²) in [6.07, 6.45) is 2.11. The molecule has 0 aliphatic carbocycles. The van der Waals surface area contributed by atoms with Crippen LogP contribution in [0.4, 0.5) is 5.69 Å². The van der Waals surface area contributed by atoms with Gasteiger partial charge in [0, 0.05) is 23.3 Å². The Balaban J connectivity index is 1.51. The van der Waals surface area contributed by atoms with Gasteiger partial charge in [0.15, 0.2) is 11.5 Å². The van der Waals surface area contributed by atoms with Gasteiger partial charge in [-0.05, 0) is 23.8 Å². The highest BCUT2D eigenvalue weighted by Crippen LogP contribution is 2.33. The number of aromatic amines is 1. The molecule has 0 bridgehead atoms. The van der Waals surface area contributed by atoms with Crippen molar-refractivity contribution in [3.63, 3.8) is 0 Å². The Kier molecular flexibility index (Phi) is 3.93. The Hall–Kier alpha value is -3.15. The number of carbonyl (C=O) groups is 1. The number of carbonyl (C=O) groups excluding carboxylic acids is 1. The molecule has 3 aromatic rings. The maximum atomic E-state index is 12.4. The summed E-state index contributed by atoms with van der Waals surface area (Å²) < 4.78 is 16.4. The third-order valence-electron chi connectivity index (χ3n) is 4.16. The second-order valence-electron chi connectivity index (χ2n) is 5.78. The van der Waals surface area contributed by atoms with E-state index < -0.39 is 0 Å². The number of methoxy groups -OCH3 is 1. The van der Waals surface area contributed by atoms with Gasteiger partial charge in [0.2, 0.25) is 5.91 Å². The average Bonchev–Trinajstić information content (AvgIpc) is 3.04. The van der Waals surface area contributed by atoms with E-state index in [0.717, 1.165) is 22.2 Å². The highest BCUT2D eigenvalue weighted by molar-refractivity contribution is 5.97. The Bertz CT molecular complexity index is 932. The van der Waals surface area contributed by atoms with E-state index in [1.54, 1.807) is 19.2 Å². The lowest BCUT2D eigenvalue weighted by molar-refractivity contribution is -0.115. The molecule has 0 unspecified atom stereocenters. The van der Waals surface area contributed by atoms with Gasteiger partial charge in [-0.3, -0.25) is 4.79 Å². The molecule has 25 heavy (non-hydrogen) atoms. The van der Waals surface area contributed by atoms with E-state index in [1.165, 1.54) is 0 Å². The first-order valence-electron chi connectivity index (χ1n) is 8.07. The number of para-hydroxylation sites is 1. The van der Waals surface area contributed by atoms with Crippen molar-refractivity contribution in [2.24, 2.45) is 0 Å². The number of hydrogen-bond acceptors (Lipinski definition) is 4. The predicted octanol–water partition coefficient (Wildman–Crippen LogP) is 3.13. The number of H-pyrrole nitrogens is 1. The first-order chi connectivity index (χ1) is 12.2. The summed E-state index contributed by atoms with van der Waals surface area (Å²) >= 11 is 0. The Morgan fingerprint density at radius 1 is 1.20 bits per heavy atom. The zero-order valence-electron chi connectivity index (χ0n) is 13.8. The van der Waals surface area contributed by atoms with Gasteiger partial charge in [0.25, 0.3) is 0 Å². The topological polar surface area (TPSA) is 72.6 Å². The minimum absolute atomic E-state index is 0.0969. The second-order valence-corrected chi connectivity index (χ2v) is 5.78. The molecule has 1 aliphatic rings. The molecule has 0 saturated heterocycles. The summed E-state index contributed by atoms with van der Waals surface area (Å²) in [5, 5.41) is 3.89. The molecule has 6 nitrogen and oxygen atoms in total. The Morgan fingerprint density at radius 3 is 2.88 bits per heavy atom. The molecule has 0 spiro atoms. The number of ether oxygens (including phenoxy) is 3. The quantitative estimate of drug-likeness (QED) is 0.767. The standard InChI is InChI=1S/C19H18N2O4/c1-23-16-4-2-3-14-12(11-20-19(14)16)9-18(22)21-13-5-6-15-17(10-13)25-8-7-24-15/h2-6,10-11,20H,7-9H2,1H3,(H,21,22). The Morgan fingerprint density at radius 2 is 2.04 bits per heavy atom. The third-order valence-corrected chi connectivity index (χ3v) is 4.16. The molecule has 1 aliphatic heterocycles. The number of nitrogens with one attached hydrogen (secondary N) is 2. The number of aromatic nitrogens is 1. The summed E-state index contributed by atoms with van der Waals surface area (Å²) in [7, 11) is 1.63. The fraction of sp³-hybridized carbons (Fsp3) is 0.211. The van der Waals surface area contributed by atoms with Crippen LogP contribution in [0.2, 0.25) is 0 Å².